The summed E-state index contributed by atoms with van der Waals surface area (Å²) in [5.74, 6) is -1.42. The van der Waals surface area contributed by atoms with Gasteiger partial charge in [0.1, 0.15) is 11.6 Å². The van der Waals surface area contributed by atoms with E-state index in [0.717, 1.165) is 38.1 Å². The Morgan fingerprint density at radius 3 is 2.89 bits per heavy atom. The number of carbonyl (C=O) groups excluding carboxylic acids is 1. The minimum Gasteiger partial charge on any atom is -0.396 e. The van der Waals surface area contributed by atoms with Gasteiger partial charge in [0.15, 0.2) is 5.78 Å². The van der Waals surface area contributed by atoms with E-state index >= 15 is 0 Å². The number of halogens is 2. The number of likely N-dealkylation sites (tertiary alicyclic amines) is 1. The van der Waals surface area contributed by atoms with E-state index in [9.17, 15) is 13.6 Å². The Bertz CT molecular complexity index is 465. The van der Waals surface area contributed by atoms with Crippen molar-refractivity contribution in [2.75, 3.05) is 26.2 Å². The zero-order chi connectivity index (χ0) is 13.8. The first-order chi connectivity index (χ1) is 9.10. The van der Waals surface area contributed by atoms with Crippen LogP contribution in [-0.2, 0) is 0 Å². The third-order valence-corrected chi connectivity index (χ3v) is 3.51. The molecule has 1 N–H and O–H groups in total. The van der Waals surface area contributed by atoms with Crippen LogP contribution in [0.2, 0.25) is 0 Å². The van der Waals surface area contributed by atoms with Gasteiger partial charge in [0, 0.05) is 19.2 Å². The lowest BCUT2D eigenvalue weighted by Gasteiger charge is -2.15. The number of ketones is 1. The van der Waals surface area contributed by atoms with Crippen LogP contribution in [0.5, 0.6) is 0 Å². The standard InChI is InChI=1S/C14H17F2NO2/c15-11-1-2-12(13(16)7-11)14(19)9-17-5-3-10(8-17)4-6-18/h1-2,7,10,18H,3-6,8-9H2. The van der Waals surface area contributed by atoms with Crippen LogP contribution in [-0.4, -0.2) is 42.0 Å². The maximum Gasteiger partial charge on any atom is 0.179 e. The summed E-state index contributed by atoms with van der Waals surface area (Å²) in [6.45, 7) is 1.82. The molecule has 1 heterocycles. The van der Waals surface area contributed by atoms with Crippen LogP contribution in [0.4, 0.5) is 8.78 Å². The average Bonchev–Trinajstić information content (AvgIpc) is 2.76. The molecule has 1 fully saturated rings. The van der Waals surface area contributed by atoms with Gasteiger partial charge >= 0.3 is 0 Å². The van der Waals surface area contributed by atoms with Crippen molar-refractivity contribution in [2.45, 2.75) is 12.8 Å². The summed E-state index contributed by atoms with van der Waals surface area (Å²) in [5, 5.41) is 8.86. The minimum absolute atomic E-state index is 0.0630. The van der Waals surface area contributed by atoms with Crippen molar-refractivity contribution < 1.29 is 18.7 Å². The lowest BCUT2D eigenvalue weighted by atomic mass is 10.1. The van der Waals surface area contributed by atoms with Gasteiger partial charge in [-0.15, -0.1) is 0 Å². The van der Waals surface area contributed by atoms with Crippen molar-refractivity contribution in [3.63, 3.8) is 0 Å². The first kappa shape index (κ1) is 14.1. The number of aliphatic hydroxyl groups excluding tert-OH is 1. The van der Waals surface area contributed by atoms with Crippen molar-refractivity contribution in [1.29, 1.82) is 0 Å². The Labute approximate surface area is 110 Å². The van der Waals surface area contributed by atoms with Gasteiger partial charge in [0.25, 0.3) is 0 Å². The Hall–Kier alpha value is -1.33. The van der Waals surface area contributed by atoms with Crippen LogP contribution >= 0.6 is 0 Å². The van der Waals surface area contributed by atoms with Gasteiger partial charge in [-0.25, -0.2) is 8.78 Å². The van der Waals surface area contributed by atoms with Crippen LogP contribution in [0.3, 0.4) is 0 Å². The van der Waals surface area contributed by atoms with Gasteiger partial charge in [-0.2, -0.15) is 0 Å². The second kappa shape index (κ2) is 6.21. The summed E-state index contributed by atoms with van der Waals surface area (Å²) in [4.78, 5) is 13.9. The molecule has 1 saturated heterocycles. The molecule has 0 spiro atoms. The number of nitrogens with zero attached hydrogens (tertiary/aromatic N) is 1. The molecule has 0 saturated carbocycles. The summed E-state index contributed by atoms with van der Waals surface area (Å²) >= 11 is 0. The van der Waals surface area contributed by atoms with Gasteiger partial charge in [-0.05, 0) is 37.4 Å². The average molecular weight is 269 g/mol. The molecule has 0 bridgehead atoms. The van der Waals surface area contributed by atoms with Gasteiger partial charge < -0.3 is 5.11 Å². The molecule has 0 aliphatic carbocycles. The lowest BCUT2D eigenvalue weighted by molar-refractivity contribution is 0.0938. The summed E-state index contributed by atoms with van der Waals surface area (Å²) < 4.78 is 26.2. The van der Waals surface area contributed by atoms with E-state index in [4.69, 9.17) is 5.11 Å². The highest BCUT2D eigenvalue weighted by atomic mass is 19.1. The zero-order valence-electron chi connectivity index (χ0n) is 10.6. The van der Waals surface area contributed by atoms with E-state index < -0.39 is 11.6 Å². The summed E-state index contributed by atoms with van der Waals surface area (Å²) in [6.07, 6.45) is 1.68. The molecule has 0 amide bonds. The van der Waals surface area contributed by atoms with E-state index in [1.807, 2.05) is 4.90 Å². The topological polar surface area (TPSA) is 40.5 Å². The van der Waals surface area contributed by atoms with Crippen LogP contribution in [0, 0.1) is 17.6 Å². The van der Waals surface area contributed by atoms with Gasteiger partial charge in [0.2, 0.25) is 0 Å². The third kappa shape index (κ3) is 3.58. The van der Waals surface area contributed by atoms with E-state index in [0.29, 0.717) is 5.92 Å². The van der Waals surface area contributed by atoms with E-state index in [1.54, 1.807) is 0 Å². The van der Waals surface area contributed by atoms with Gasteiger partial charge in [-0.3, -0.25) is 9.69 Å². The molecular weight excluding hydrogens is 252 g/mol. The monoisotopic (exact) mass is 269 g/mol. The Balaban J connectivity index is 1.94. The van der Waals surface area contributed by atoms with Crippen LogP contribution in [0.25, 0.3) is 0 Å². The first-order valence-corrected chi connectivity index (χ1v) is 6.41. The highest BCUT2D eigenvalue weighted by Gasteiger charge is 2.24. The van der Waals surface area contributed by atoms with Crippen molar-refractivity contribution in [1.82, 2.24) is 4.90 Å². The molecule has 1 aromatic rings. The predicted molar refractivity (Wildman–Crippen MR) is 66.9 cm³/mol. The van der Waals surface area contributed by atoms with Crippen LogP contribution in [0.15, 0.2) is 18.2 Å². The smallest absolute Gasteiger partial charge is 0.179 e. The second-order valence-electron chi connectivity index (χ2n) is 4.95. The van der Waals surface area contributed by atoms with Crippen LogP contribution in [0.1, 0.15) is 23.2 Å². The quantitative estimate of drug-likeness (QED) is 0.829. The SMILES string of the molecule is O=C(CN1CCC(CCO)C1)c1ccc(F)cc1F. The fourth-order valence-corrected chi connectivity index (χ4v) is 2.48. The number of hydrogen-bond donors (Lipinski definition) is 1. The first-order valence-electron chi connectivity index (χ1n) is 6.41. The van der Waals surface area contributed by atoms with E-state index in [2.05, 4.69) is 0 Å². The van der Waals surface area contributed by atoms with Crippen molar-refractivity contribution in [3.05, 3.63) is 35.4 Å². The van der Waals surface area contributed by atoms with Gasteiger partial charge in [-0.1, -0.05) is 0 Å². The molecule has 1 aliphatic rings. The molecule has 0 radical (unpaired) electrons. The summed E-state index contributed by atoms with van der Waals surface area (Å²) in [7, 11) is 0. The summed E-state index contributed by atoms with van der Waals surface area (Å²) in [6, 6.07) is 3.01. The molecule has 3 nitrogen and oxygen atoms in total. The maximum atomic E-state index is 13.5. The Morgan fingerprint density at radius 2 is 2.21 bits per heavy atom. The molecule has 1 atom stereocenters. The highest BCUT2D eigenvalue weighted by Crippen LogP contribution is 2.20. The lowest BCUT2D eigenvalue weighted by Crippen LogP contribution is -2.28. The van der Waals surface area contributed by atoms with E-state index in [1.165, 1.54) is 6.07 Å². The van der Waals surface area contributed by atoms with Crippen molar-refractivity contribution >= 4 is 5.78 Å². The predicted octanol–water partition coefficient (Wildman–Crippen LogP) is 1.85. The van der Waals surface area contributed by atoms with Gasteiger partial charge in [0.05, 0.1) is 12.1 Å². The number of aliphatic hydroxyl groups is 1. The molecule has 5 heteroatoms. The van der Waals surface area contributed by atoms with E-state index in [-0.39, 0.29) is 24.5 Å². The number of hydrogen-bond acceptors (Lipinski definition) is 3. The normalized spacial score (nSPS) is 19.8. The molecule has 0 aromatic heterocycles. The molecule has 104 valence electrons. The van der Waals surface area contributed by atoms with Crippen molar-refractivity contribution in [3.8, 4) is 0 Å². The fraction of sp³-hybridized carbons (Fsp3) is 0.500. The zero-order valence-corrected chi connectivity index (χ0v) is 10.6. The number of rotatable bonds is 5. The maximum absolute atomic E-state index is 13.5. The third-order valence-electron chi connectivity index (χ3n) is 3.51. The molecule has 2 rings (SSSR count). The minimum atomic E-state index is -0.809. The highest BCUT2D eigenvalue weighted by molar-refractivity contribution is 5.97. The van der Waals surface area contributed by atoms with Crippen LogP contribution < -0.4 is 0 Å². The largest absolute Gasteiger partial charge is 0.396 e. The second-order valence-corrected chi connectivity index (χ2v) is 4.95. The Morgan fingerprint density at radius 1 is 1.42 bits per heavy atom. The number of carbonyl (C=O) groups is 1. The Kier molecular flexibility index (Phi) is 4.61. The number of benzene rings is 1. The molecule has 1 unspecified atom stereocenters. The molecule has 1 aliphatic heterocycles. The molecule has 19 heavy (non-hydrogen) atoms. The molecule has 1 aromatic carbocycles. The number of Topliss-reactive ketones (excluding diaryl/α,β-unsaturated/α-hetero) is 1. The van der Waals surface area contributed by atoms with Crippen molar-refractivity contribution in [2.24, 2.45) is 5.92 Å². The summed E-state index contributed by atoms with van der Waals surface area (Å²) in [5.41, 5.74) is -0.0630. The molecular formula is C14H17F2NO2. The fourth-order valence-electron chi connectivity index (χ4n) is 2.48.